The van der Waals surface area contributed by atoms with Crippen molar-refractivity contribution in [2.75, 3.05) is 38.0 Å². The van der Waals surface area contributed by atoms with Crippen molar-refractivity contribution >= 4 is 11.5 Å². The average molecular weight is 457 g/mol. The summed E-state index contributed by atoms with van der Waals surface area (Å²) >= 11 is 0. The number of halogens is 1. The van der Waals surface area contributed by atoms with Crippen LogP contribution in [0.4, 0.5) is 15.9 Å². The van der Waals surface area contributed by atoms with Crippen molar-refractivity contribution in [1.82, 2.24) is 10.3 Å². The Labute approximate surface area is 196 Å². The lowest BCUT2D eigenvalue weighted by Gasteiger charge is -2.31. The van der Waals surface area contributed by atoms with Gasteiger partial charge in [0.1, 0.15) is 11.6 Å². The normalized spacial score (nSPS) is 22.5. The van der Waals surface area contributed by atoms with Gasteiger partial charge in [-0.2, -0.15) is 0 Å². The van der Waals surface area contributed by atoms with Crippen LogP contribution in [0, 0.1) is 5.82 Å². The van der Waals surface area contributed by atoms with E-state index in [2.05, 4.69) is 27.9 Å². The van der Waals surface area contributed by atoms with Gasteiger partial charge in [-0.05, 0) is 69.2 Å². The molecule has 0 radical (unpaired) electrons. The summed E-state index contributed by atoms with van der Waals surface area (Å²) in [5, 5.41) is 10.6. The number of aromatic nitrogens is 1. The highest BCUT2D eigenvalue weighted by molar-refractivity contribution is 5.70. The van der Waals surface area contributed by atoms with E-state index in [-0.39, 0.29) is 11.4 Å². The van der Waals surface area contributed by atoms with Crippen LogP contribution in [0.1, 0.15) is 45.4 Å². The summed E-state index contributed by atoms with van der Waals surface area (Å²) in [7, 11) is 3.50. The monoisotopic (exact) mass is 456 g/mol. The number of nitrogens with zero attached hydrogens (tertiary/aromatic N) is 1. The van der Waals surface area contributed by atoms with E-state index < -0.39 is 0 Å². The SMILES string of the molecule is COCC(C)NC1CCC(Nc2cc(-c3cccc(NCC4(OC)CC4)c3)c(F)cn2)CC1. The second kappa shape index (κ2) is 10.8. The zero-order chi connectivity index (χ0) is 23.3. The van der Waals surface area contributed by atoms with E-state index in [1.165, 1.54) is 6.20 Å². The Bertz CT molecular complexity index is 913. The highest BCUT2D eigenvalue weighted by Crippen LogP contribution is 2.39. The molecule has 2 saturated carbocycles. The summed E-state index contributed by atoms with van der Waals surface area (Å²) < 4.78 is 25.5. The third kappa shape index (κ3) is 6.43. The molecule has 0 aliphatic heterocycles. The molecular formula is C26H37FN4O2. The fraction of sp³-hybridized carbons (Fsp3) is 0.577. The summed E-state index contributed by atoms with van der Waals surface area (Å²) in [5.41, 5.74) is 2.33. The number of hydrogen-bond acceptors (Lipinski definition) is 6. The van der Waals surface area contributed by atoms with Crippen LogP contribution in [0.2, 0.25) is 0 Å². The zero-order valence-electron chi connectivity index (χ0n) is 20.0. The number of benzene rings is 1. The Morgan fingerprint density at radius 2 is 1.88 bits per heavy atom. The first-order valence-electron chi connectivity index (χ1n) is 12.1. The average Bonchev–Trinajstić information content (AvgIpc) is 3.61. The highest BCUT2D eigenvalue weighted by Gasteiger charge is 2.42. The molecule has 2 fully saturated rings. The standard InChI is InChI=1S/C26H37FN4O2/c1-18(16-32-2)30-20-7-9-21(10-8-20)31-25-14-23(24(27)15-28-25)19-5-4-6-22(13-19)29-17-26(33-3)11-12-26/h4-6,13-15,18,20-21,29-30H,7-12,16-17H2,1-3H3,(H,28,31). The second-order valence-corrected chi connectivity index (χ2v) is 9.59. The molecule has 2 aromatic rings. The Morgan fingerprint density at radius 3 is 2.58 bits per heavy atom. The van der Waals surface area contributed by atoms with Crippen LogP contribution in [-0.2, 0) is 9.47 Å². The van der Waals surface area contributed by atoms with Crippen molar-refractivity contribution in [3.8, 4) is 11.1 Å². The van der Waals surface area contributed by atoms with Gasteiger partial charge < -0.3 is 25.4 Å². The summed E-state index contributed by atoms with van der Waals surface area (Å²) in [6.07, 6.45) is 7.82. The van der Waals surface area contributed by atoms with Gasteiger partial charge in [0.05, 0.1) is 18.4 Å². The first kappa shape index (κ1) is 23.9. The Balaban J connectivity index is 1.36. The summed E-state index contributed by atoms with van der Waals surface area (Å²) in [5.74, 6) is 0.415. The van der Waals surface area contributed by atoms with Gasteiger partial charge in [-0.25, -0.2) is 9.37 Å². The smallest absolute Gasteiger partial charge is 0.149 e. The van der Waals surface area contributed by atoms with E-state index in [9.17, 15) is 4.39 Å². The second-order valence-electron chi connectivity index (χ2n) is 9.59. The molecule has 4 rings (SSSR count). The van der Waals surface area contributed by atoms with Crippen LogP contribution in [0.15, 0.2) is 36.5 Å². The number of rotatable bonds is 11. The third-order valence-corrected chi connectivity index (χ3v) is 6.90. The molecule has 0 amide bonds. The van der Waals surface area contributed by atoms with Crippen LogP contribution in [-0.4, -0.2) is 56.1 Å². The summed E-state index contributed by atoms with van der Waals surface area (Å²) in [4.78, 5) is 4.31. The Morgan fingerprint density at radius 1 is 1.12 bits per heavy atom. The number of hydrogen-bond donors (Lipinski definition) is 3. The van der Waals surface area contributed by atoms with E-state index in [1.807, 2.05) is 30.3 Å². The number of pyridine rings is 1. The lowest BCUT2D eigenvalue weighted by atomic mass is 9.90. The van der Waals surface area contributed by atoms with Gasteiger partial charge in [-0.1, -0.05) is 12.1 Å². The van der Waals surface area contributed by atoms with Crippen molar-refractivity contribution in [1.29, 1.82) is 0 Å². The fourth-order valence-electron chi connectivity index (χ4n) is 4.71. The first-order valence-corrected chi connectivity index (χ1v) is 12.1. The molecule has 6 nitrogen and oxygen atoms in total. The molecule has 3 N–H and O–H groups in total. The molecule has 1 aromatic heterocycles. The lowest BCUT2D eigenvalue weighted by Crippen LogP contribution is -2.42. The molecule has 0 spiro atoms. The minimum Gasteiger partial charge on any atom is -0.383 e. The molecular weight excluding hydrogens is 419 g/mol. The molecule has 180 valence electrons. The van der Waals surface area contributed by atoms with Gasteiger partial charge in [0.15, 0.2) is 0 Å². The van der Waals surface area contributed by atoms with Gasteiger partial charge in [-0.3, -0.25) is 0 Å². The molecule has 33 heavy (non-hydrogen) atoms. The lowest BCUT2D eigenvalue weighted by molar-refractivity contribution is 0.0914. The Kier molecular flexibility index (Phi) is 7.83. The van der Waals surface area contributed by atoms with E-state index in [1.54, 1.807) is 14.2 Å². The Hall–Kier alpha value is -2.22. The maximum Gasteiger partial charge on any atom is 0.149 e. The van der Waals surface area contributed by atoms with E-state index in [0.29, 0.717) is 23.7 Å². The van der Waals surface area contributed by atoms with Gasteiger partial charge in [0.2, 0.25) is 0 Å². The quantitative estimate of drug-likeness (QED) is 0.450. The van der Waals surface area contributed by atoms with E-state index in [0.717, 1.165) is 68.7 Å². The predicted octanol–water partition coefficient (Wildman–Crippen LogP) is 4.83. The van der Waals surface area contributed by atoms with Crippen LogP contribution in [0.5, 0.6) is 0 Å². The van der Waals surface area contributed by atoms with Crippen molar-refractivity contribution < 1.29 is 13.9 Å². The van der Waals surface area contributed by atoms with Gasteiger partial charge in [-0.15, -0.1) is 0 Å². The fourth-order valence-corrected chi connectivity index (χ4v) is 4.71. The topological polar surface area (TPSA) is 67.4 Å². The molecule has 2 aliphatic carbocycles. The van der Waals surface area contributed by atoms with Crippen molar-refractivity contribution in [2.45, 2.75) is 69.2 Å². The number of methoxy groups -OCH3 is 2. The molecule has 2 aliphatic rings. The highest BCUT2D eigenvalue weighted by atomic mass is 19.1. The minimum atomic E-state index is -0.312. The van der Waals surface area contributed by atoms with Crippen LogP contribution in [0.3, 0.4) is 0 Å². The molecule has 7 heteroatoms. The molecule has 1 unspecified atom stereocenters. The molecule has 1 atom stereocenters. The first-order chi connectivity index (χ1) is 16.0. The molecule has 0 bridgehead atoms. The van der Waals surface area contributed by atoms with Gasteiger partial charge >= 0.3 is 0 Å². The maximum absolute atomic E-state index is 14.7. The van der Waals surface area contributed by atoms with Crippen molar-refractivity contribution in [3.05, 3.63) is 42.3 Å². The summed E-state index contributed by atoms with van der Waals surface area (Å²) in [6.45, 7) is 3.65. The van der Waals surface area contributed by atoms with Gasteiger partial charge in [0.25, 0.3) is 0 Å². The van der Waals surface area contributed by atoms with Crippen molar-refractivity contribution in [3.63, 3.8) is 0 Å². The maximum atomic E-state index is 14.7. The molecule has 1 heterocycles. The van der Waals surface area contributed by atoms with Crippen molar-refractivity contribution in [2.24, 2.45) is 0 Å². The number of anilines is 2. The number of ether oxygens (including phenoxy) is 2. The largest absolute Gasteiger partial charge is 0.383 e. The predicted molar refractivity (Wildman–Crippen MR) is 131 cm³/mol. The molecule has 0 saturated heterocycles. The summed E-state index contributed by atoms with van der Waals surface area (Å²) in [6, 6.07) is 11.0. The van der Waals surface area contributed by atoms with Crippen LogP contribution >= 0.6 is 0 Å². The molecule has 1 aromatic carbocycles. The van der Waals surface area contributed by atoms with Gasteiger partial charge in [0, 0.05) is 50.1 Å². The zero-order valence-corrected chi connectivity index (χ0v) is 20.0. The number of nitrogens with one attached hydrogen (secondary N) is 3. The minimum absolute atomic E-state index is 0.0364. The van der Waals surface area contributed by atoms with Crippen LogP contribution in [0.25, 0.3) is 11.1 Å². The van der Waals surface area contributed by atoms with E-state index >= 15 is 0 Å². The van der Waals surface area contributed by atoms with Crippen LogP contribution < -0.4 is 16.0 Å². The third-order valence-electron chi connectivity index (χ3n) is 6.90. The van der Waals surface area contributed by atoms with E-state index in [4.69, 9.17) is 9.47 Å².